The molecule has 15 heavy (non-hydrogen) atoms. The normalized spacial score (nSPS) is 19.8. The average molecular weight is 220 g/mol. The van der Waals surface area contributed by atoms with Gasteiger partial charge in [-0.2, -0.15) is 0 Å². The van der Waals surface area contributed by atoms with Crippen LogP contribution < -0.4 is 5.32 Å². The van der Waals surface area contributed by atoms with E-state index in [0.29, 0.717) is 12.3 Å². The molecule has 0 amide bonds. The second-order valence-electron chi connectivity index (χ2n) is 4.81. The molecule has 1 fully saturated rings. The van der Waals surface area contributed by atoms with Crippen molar-refractivity contribution in [2.75, 3.05) is 32.7 Å². The number of rotatable bonds is 5. The Labute approximate surface area is 91.0 Å². The highest BCUT2D eigenvalue weighted by Gasteiger charge is 2.31. The van der Waals surface area contributed by atoms with Crippen molar-refractivity contribution >= 4 is 0 Å². The highest BCUT2D eigenvalue weighted by Crippen LogP contribution is 2.24. The lowest BCUT2D eigenvalue weighted by Gasteiger charge is -2.30. The fourth-order valence-electron chi connectivity index (χ4n) is 1.78. The number of piperazine rings is 1. The van der Waals surface area contributed by atoms with Crippen LogP contribution in [0.4, 0.5) is 8.78 Å². The third kappa shape index (κ3) is 5.42. The fourth-order valence-corrected chi connectivity index (χ4v) is 1.78. The predicted octanol–water partition coefficient (Wildman–Crippen LogP) is 1.96. The van der Waals surface area contributed by atoms with Crippen LogP contribution in [0.3, 0.4) is 0 Å². The lowest BCUT2D eigenvalue weighted by molar-refractivity contribution is -0.0448. The van der Waals surface area contributed by atoms with E-state index in [1.54, 1.807) is 0 Å². The monoisotopic (exact) mass is 220 g/mol. The molecule has 0 unspecified atom stereocenters. The van der Waals surface area contributed by atoms with Crippen molar-refractivity contribution in [2.45, 2.75) is 32.6 Å². The van der Waals surface area contributed by atoms with E-state index < -0.39 is 5.92 Å². The summed E-state index contributed by atoms with van der Waals surface area (Å²) < 4.78 is 27.0. The van der Waals surface area contributed by atoms with Crippen molar-refractivity contribution in [1.82, 2.24) is 10.2 Å². The number of hydrogen-bond donors (Lipinski definition) is 1. The van der Waals surface area contributed by atoms with E-state index in [2.05, 4.69) is 5.32 Å². The van der Waals surface area contributed by atoms with E-state index in [-0.39, 0.29) is 13.0 Å². The fraction of sp³-hybridized carbons (Fsp3) is 1.00. The molecular weight excluding hydrogens is 198 g/mol. The van der Waals surface area contributed by atoms with Gasteiger partial charge in [0.25, 0.3) is 5.92 Å². The second-order valence-corrected chi connectivity index (χ2v) is 4.81. The van der Waals surface area contributed by atoms with Crippen LogP contribution >= 0.6 is 0 Å². The molecule has 0 aromatic carbocycles. The van der Waals surface area contributed by atoms with E-state index in [1.165, 1.54) is 0 Å². The van der Waals surface area contributed by atoms with Crippen molar-refractivity contribution in [1.29, 1.82) is 0 Å². The SMILES string of the molecule is CC(C)CCC(F)(F)CN1CCNCC1. The summed E-state index contributed by atoms with van der Waals surface area (Å²) in [4.78, 5) is 1.86. The van der Waals surface area contributed by atoms with E-state index >= 15 is 0 Å². The van der Waals surface area contributed by atoms with Crippen LogP contribution in [0.1, 0.15) is 26.7 Å². The van der Waals surface area contributed by atoms with Gasteiger partial charge in [-0.05, 0) is 12.3 Å². The van der Waals surface area contributed by atoms with Crippen LogP contribution in [0.15, 0.2) is 0 Å². The Bertz CT molecular complexity index is 177. The van der Waals surface area contributed by atoms with Crippen LogP contribution in [-0.4, -0.2) is 43.5 Å². The zero-order valence-corrected chi connectivity index (χ0v) is 9.73. The van der Waals surface area contributed by atoms with Crippen LogP contribution in [-0.2, 0) is 0 Å². The highest BCUT2D eigenvalue weighted by molar-refractivity contribution is 4.76. The molecule has 1 aliphatic heterocycles. The number of halogens is 2. The summed E-state index contributed by atoms with van der Waals surface area (Å²) in [6.07, 6.45) is 0.633. The average Bonchev–Trinajstić information content (AvgIpc) is 2.16. The van der Waals surface area contributed by atoms with Crippen molar-refractivity contribution in [3.8, 4) is 0 Å². The van der Waals surface area contributed by atoms with Gasteiger partial charge in [-0.15, -0.1) is 0 Å². The largest absolute Gasteiger partial charge is 0.314 e. The Balaban J connectivity index is 2.26. The van der Waals surface area contributed by atoms with Gasteiger partial charge in [-0.3, -0.25) is 4.90 Å². The predicted molar refractivity (Wildman–Crippen MR) is 58.3 cm³/mol. The number of alkyl halides is 2. The minimum Gasteiger partial charge on any atom is -0.314 e. The quantitative estimate of drug-likeness (QED) is 0.762. The van der Waals surface area contributed by atoms with Crippen molar-refractivity contribution in [3.63, 3.8) is 0 Å². The smallest absolute Gasteiger partial charge is 0.260 e. The first-order valence-electron chi connectivity index (χ1n) is 5.80. The zero-order valence-electron chi connectivity index (χ0n) is 9.73. The number of nitrogens with zero attached hydrogens (tertiary/aromatic N) is 1. The summed E-state index contributed by atoms with van der Waals surface area (Å²) in [7, 11) is 0. The molecule has 90 valence electrons. The highest BCUT2D eigenvalue weighted by atomic mass is 19.3. The van der Waals surface area contributed by atoms with Gasteiger partial charge in [-0.1, -0.05) is 13.8 Å². The van der Waals surface area contributed by atoms with Gasteiger partial charge in [-0.25, -0.2) is 8.78 Å². The molecule has 0 bridgehead atoms. The molecule has 0 saturated carbocycles. The van der Waals surface area contributed by atoms with Crippen LogP contribution in [0.25, 0.3) is 0 Å². The van der Waals surface area contributed by atoms with Crippen molar-refractivity contribution in [2.24, 2.45) is 5.92 Å². The van der Waals surface area contributed by atoms with Gasteiger partial charge in [0.1, 0.15) is 0 Å². The molecule has 0 radical (unpaired) electrons. The van der Waals surface area contributed by atoms with Crippen molar-refractivity contribution < 1.29 is 8.78 Å². The van der Waals surface area contributed by atoms with E-state index in [9.17, 15) is 8.78 Å². The van der Waals surface area contributed by atoms with Gasteiger partial charge in [0.2, 0.25) is 0 Å². The molecule has 0 spiro atoms. The summed E-state index contributed by atoms with van der Waals surface area (Å²) in [6.45, 7) is 7.07. The first-order chi connectivity index (χ1) is 6.99. The molecular formula is C11H22F2N2. The maximum Gasteiger partial charge on any atom is 0.260 e. The Hall–Kier alpha value is -0.220. The molecule has 1 aliphatic rings. The molecule has 0 atom stereocenters. The Morgan fingerprint density at radius 1 is 1.27 bits per heavy atom. The Morgan fingerprint density at radius 2 is 1.87 bits per heavy atom. The van der Waals surface area contributed by atoms with Gasteiger partial charge in [0, 0.05) is 32.6 Å². The maximum absolute atomic E-state index is 13.5. The molecule has 1 saturated heterocycles. The van der Waals surface area contributed by atoms with E-state index in [1.807, 2.05) is 18.7 Å². The standard InChI is InChI=1S/C11H22F2N2/c1-10(2)3-4-11(12,13)9-15-7-5-14-6-8-15/h10,14H,3-9H2,1-2H3. The van der Waals surface area contributed by atoms with Gasteiger partial charge in [0.05, 0.1) is 6.54 Å². The summed E-state index contributed by atoms with van der Waals surface area (Å²) in [5.74, 6) is -2.15. The molecule has 0 aliphatic carbocycles. The lowest BCUT2D eigenvalue weighted by atomic mass is 10.0. The minimum absolute atomic E-state index is 0.0224. The summed E-state index contributed by atoms with van der Waals surface area (Å²) >= 11 is 0. The molecule has 0 aromatic heterocycles. The third-order valence-electron chi connectivity index (χ3n) is 2.75. The first-order valence-corrected chi connectivity index (χ1v) is 5.80. The minimum atomic E-state index is -2.51. The zero-order chi connectivity index (χ0) is 11.3. The molecule has 1 rings (SSSR count). The van der Waals surface area contributed by atoms with Gasteiger partial charge in [0.15, 0.2) is 0 Å². The van der Waals surface area contributed by atoms with Crippen LogP contribution in [0.2, 0.25) is 0 Å². The van der Waals surface area contributed by atoms with Crippen LogP contribution in [0.5, 0.6) is 0 Å². The van der Waals surface area contributed by atoms with E-state index in [4.69, 9.17) is 0 Å². The number of hydrogen-bond acceptors (Lipinski definition) is 2. The first kappa shape index (κ1) is 12.8. The van der Waals surface area contributed by atoms with Crippen molar-refractivity contribution in [3.05, 3.63) is 0 Å². The van der Waals surface area contributed by atoms with Crippen LogP contribution in [0, 0.1) is 5.92 Å². The third-order valence-corrected chi connectivity index (χ3v) is 2.75. The summed E-state index contributed by atoms with van der Waals surface area (Å²) in [6, 6.07) is 0. The Morgan fingerprint density at radius 3 is 2.40 bits per heavy atom. The molecule has 0 aromatic rings. The topological polar surface area (TPSA) is 15.3 Å². The summed E-state index contributed by atoms with van der Waals surface area (Å²) in [5, 5.41) is 3.16. The number of nitrogens with one attached hydrogen (secondary N) is 1. The molecule has 1 heterocycles. The molecule has 1 N–H and O–H groups in total. The maximum atomic E-state index is 13.5. The van der Waals surface area contributed by atoms with E-state index in [0.717, 1.165) is 26.2 Å². The Kier molecular flexibility index (Phi) is 4.93. The van der Waals surface area contributed by atoms with Gasteiger partial charge < -0.3 is 5.32 Å². The van der Waals surface area contributed by atoms with Gasteiger partial charge >= 0.3 is 0 Å². The molecule has 2 nitrogen and oxygen atoms in total. The molecule has 4 heteroatoms. The lowest BCUT2D eigenvalue weighted by Crippen LogP contribution is -2.48. The summed E-state index contributed by atoms with van der Waals surface area (Å²) in [5.41, 5.74) is 0. The second kappa shape index (κ2) is 5.75.